The summed E-state index contributed by atoms with van der Waals surface area (Å²) in [4.78, 5) is 22.8. The second kappa shape index (κ2) is 38.4. The Labute approximate surface area is 569 Å². The van der Waals surface area contributed by atoms with Gasteiger partial charge in [0.05, 0.1) is 22.1 Å². The largest absolute Gasteiger partial charge is 0.384 e. The van der Waals surface area contributed by atoms with Gasteiger partial charge in [0.25, 0.3) is 0 Å². The van der Waals surface area contributed by atoms with E-state index >= 15 is 0 Å². The average Bonchev–Trinajstić information content (AvgIpc) is 1.35. The van der Waals surface area contributed by atoms with Crippen LogP contribution < -0.4 is 63.8 Å². The lowest BCUT2D eigenvalue weighted by Gasteiger charge is -2.26. The zero-order chi connectivity index (χ0) is 63.1. The highest BCUT2D eigenvalue weighted by Crippen LogP contribution is 2.28. The third-order valence-corrected chi connectivity index (χ3v) is 16.8. The van der Waals surface area contributed by atoms with Crippen LogP contribution in [0.5, 0.6) is 0 Å². The van der Waals surface area contributed by atoms with E-state index in [0.29, 0.717) is 66.7 Å². The Balaban J connectivity index is 0.777. The van der Waals surface area contributed by atoms with Crippen molar-refractivity contribution in [1.82, 2.24) is 72.3 Å². The predicted molar refractivity (Wildman–Crippen MR) is 396 cm³/mol. The van der Waals surface area contributed by atoms with Crippen molar-refractivity contribution in [2.75, 3.05) is 139 Å². The number of benzene rings is 4. The summed E-state index contributed by atoms with van der Waals surface area (Å²) in [6.45, 7) is 13.8. The molecule has 0 unspecified atom stereocenters. The van der Waals surface area contributed by atoms with Crippen LogP contribution in [0.3, 0.4) is 0 Å². The number of hydrogen-bond acceptors (Lipinski definition) is 14. The molecule has 8 aromatic rings. The molecule has 4 aromatic heterocycles. The monoisotopic (exact) mass is 1370 g/mol. The summed E-state index contributed by atoms with van der Waals surface area (Å²) < 4.78 is 0. The topological polar surface area (TPSA) is 202 Å². The molecule has 26 heteroatoms. The molecule has 0 amide bonds. The van der Waals surface area contributed by atoms with Gasteiger partial charge in [-0.1, -0.05) is 46.4 Å². The third kappa shape index (κ3) is 24.0. The second-order valence-electron chi connectivity index (χ2n) is 21.3. The van der Waals surface area contributed by atoms with Gasteiger partial charge in [0.15, 0.2) is 20.4 Å². The van der Waals surface area contributed by atoms with Gasteiger partial charge in [0.2, 0.25) is 0 Å². The van der Waals surface area contributed by atoms with Gasteiger partial charge in [-0.3, -0.25) is 29.7 Å². The minimum absolute atomic E-state index is 0.636. The van der Waals surface area contributed by atoms with Gasteiger partial charge in [-0.2, -0.15) is 0 Å². The number of anilines is 4. The first-order chi connectivity index (χ1) is 43.9. The summed E-state index contributed by atoms with van der Waals surface area (Å²) in [7, 11) is 0. The number of hydrogen-bond donors (Lipinski definition) is 12. The standard InChI is InChI=1S/C64H80Cl4N18S4/c65-45-7-11-49-53(15-27-73-57(49)41-45)69-19-3-23-77-61(87)81-31-37-85(38-32-82-62(88)78-24-4-20-70-54-16-28-74-58-42-46(66)8-12-50(54)58)35-1-2-36-86(39-33-83-63(89)79-25-5-21-71-55-17-29-75-59-43-47(67)9-13-51(55)59)40-34-84-64(90)80-26-6-22-72-56-18-30-76-60-44-48(68)10-14-52(56)60/h7-18,27-30,41-44H,1-6,19-26,31-40H2,(H,69,73)(H,70,74)(H,71,75)(H,72,76)(H2,77,81,87)(H2,78,82,88)(H2,79,83,89)(H2,80,84,90). The Morgan fingerprint density at radius 2 is 0.522 bits per heavy atom. The molecule has 18 nitrogen and oxygen atoms in total. The van der Waals surface area contributed by atoms with Crippen LogP contribution in [0, 0.1) is 0 Å². The fourth-order valence-corrected chi connectivity index (χ4v) is 11.5. The van der Waals surface area contributed by atoms with Crippen molar-refractivity contribution in [3.8, 4) is 0 Å². The molecule has 0 atom stereocenters. The summed E-state index contributed by atoms with van der Waals surface area (Å²) in [6.07, 6.45) is 12.7. The first kappa shape index (κ1) is 69.4. The summed E-state index contributed by atoms with van der Waals surface area (Å²) in [5.74, 6) is 0. The van der Waals surface area contributed by atoms with Crippen LogP contribution in [-0.2, 0) is 0 Å². The number of nitrogens with zero attached hydrogens (tertiary/aromatic N) is 6. The maximum absolute atomic E-state index is 6.21. The third-order valence-electron chi connectivity index (χ3n) is 14.7. The van der Waals surface area contributed by atoms with E-state index in [1.54, 1.807) is 24.8 Å². The van der Waals surface area contributed by atoms with Crippen LogP contribution in [0.25, 0.3) is 43.6 Å². The molecule has 0 fully saturated rings. The molecule has 478 valence electrons. The molecule has 0 bridgehead atoms. The first-order valence-corrected chi connectivity index (χ1v) is 33.7. The maximum atomic E-state index is 6.21. The lowest BCUT2D eigenvalue weighted by molar-refractivity contribution is 0.247. The maximum Gasteiger partial charge on any atom is 0.166 e. The molecule has 0 aliphatic carbocycles. The molecule has 4 aromatic carbocycles. The van der Waals surface area contributed by atoms with Crippen molar-refractivity contribution in [3.63, 3.8) is 0 Å². The van der Waals surface area contributed by atoms with E-state index in [1.807, 2.05) is 97.1 Å². The van der Waals surface area contributed by atoms with Crippen LogP contribution in [0.4, 0.5) is 22.7 Å². The van der Waals surface area contributed by atoms with E-state index in [0.717, 1.165) is 197 Å². The Morgan fingerprint density at radius 1 is 0.289 bits per heavy atom. The number of aromatic nitrogens is 4. The quantitative estimate of drug-likeness (QED) is 0.0129. The molecule has 0 saturated carbocycles. The van der Waals surface area contributed by atoms with Gasteiger partial charge in [-0.15, -0.1) is 0 Å². The Morgan fingerprint density at radius 3 is 0.767 bits per heavy atom. The number of nitrogens with one attached hydrogen (secondary N) is 12. The Hall–Kier alpha value is -6.44. The fourth-order valence-electron chi connectivity index (χ4n) is 10.1. The van der Waals surface area contributed by atoms with Gasteiger partial charge in [-0.05, 0) is 198 Å². The minimum Gasteiger partial charge on any atom is -0.384 e. The van der Waals surface area contributed by atoms with Crippen molar-refractivity contribution >= 4 is 182 Å². The number of thiocarbonyl (C=S) groups is 4. The average molecular weight is 1370 g/mol. The molecule has 4 heterocycles. The zero-order valence-corrected chi connectivity index (χ0v) is 56.6. The number of fused-ring (bicyclic) bond motifs is 4. The van der Waals surface area contributed by atoms with Gasteiger partial charge in [0.1, 0.15) is 0 Å². The summed E-state index contributed by atoms with van der Waals surface area (Å²) in [6, 6.07) is 31.0. The number of unbranched alkanes of at least 4 members (excludes halogenated alkanes) is 1. The van der Waals surface area contributed by atoms with Crippen molar-refractivity contribution in [2.45, 2.75) is 38.5 Å². The normalized spacial score (nSPS) is 11.2. The fraction of sp³-hybridized carbons (Fsp3) is 0.375. The van der Waals surface area contributed by atoms with Crippen LogP contribution in [0.2, 0.25) is 20.1 Å². The highest BCUT2D eigenvalue weighted by molar-refractivity contribution is 7.80. The smallest absolute Gasteiger partial charge is 0.166 e. The lowest BCUT2D eigenvalue weighted by atomic mass is 10.2. The van der Waals surface area contributed by atoms with Gasteiger partial charge in [-0.25, -0.2) is 0 Å². The van der Waals surface area contributed by atoms with Gasteiger partial charge < -0.3 is 63.8 Å². The molecule has 0 aliphatic heterocycles. The molecule has 12 N–H and O–H groups in total. The molecule has 0 spiro atoms. The van der Waals surface area contributed by atoms with Crippen molar-refractivity contribution in [3.05, 3.63) is 142 Å². The van der Waals surface area contributed by atoms with E-state index in [1.165, 1.54) is 0 Å². The zero-order valence-electron chi connectivity index (χ0n) is 50.3. The molecule has 8 rings (SSSR count). The summed E-state index contributed by atoms with van der Waals surface area (Å²) in [5.41, 5.74) is 7.56. The van der Waals surface area contributed by atoms with Crippen LogP contribution in [0.1, 0.15) is 38.5 Å². The van der Waals surface area contributed by atoms with Gasteiger partial charge in [0, 0.05) is 194 Å². The summed E-state index contributed by atoms with van der Waals surface area (Å²) >= 11 is 47.8. The number of rotatable bonds is 37. The van der Waals surface area contributed by atoms with Gasteiger partial charge >= 0.3 is 0 Å². The summed E-state index contributed by atoms with van der Waals surface area (Å²) in [5, 5.41) is 50.8. The highest BCUT2D eigenvalue weighted by Gasteiger charge is 2.12. The Kier molecular flexibility index (Phi) is 29.6. The molecule has 0 radical (unpaired) electrons. The SMILES string of the molecule is S=C(NCCCNc1ccnc2cc(Cl)ccc12)NCCN(CCCCN(CCNC(=S)NCCCNc1ccnc2cc(Cl)ccc12)CCNC(=S)NCCCNc1ccnc2cc(Cl)ccc12)CCNC(=S)NCCCNc1ccnc2cc(Cl)ccc12. The predicted octanol–water partition coefficient (Wildman–Crippen LogP) is 11.0. The minimum atomic E-state index is 0.636. The van der Waals surface area contributed by atoms with Crippen LogP contribution in [-0.4, -0.2) is 168 Å². The van der Waals surface area contributed by atoms with E-state index < -0.39 is 0 Å². The van der Waals surface area contributed by atoms with E-state index in [9.17, 15) is 0 Å². The number of halogens is 4. The number of pyridine rings is 4. The molecule has 90 heavy (non-hydrogen) atoms. The van der Waals surface area contributed by atoms with Crippen LogP contribution >= 0.6 is 95.3 Å². The van der Waals surface area contributed by atoms with E-state index in [-0.39, 0.29) is 0 Å². The second-order valence-corrected chi connectivity index (χ2v) is 24.7. The van der Waals surface area contributed by atoms with Crippen molar-refractivity contribution < 1.29 is 0 Å². The van der Waals surface area contributed by atoms with Crippen LogP contribution in [0.15, 0.2) is 122 Å². The van der Waals surface area contributed by atoms with E-state index in [2.05, 4.69) is 93.5 Å². The highest BCUT2D eigenvalue weighted by atomic mass is 35.5. The van der Waals surface area contributed by atoms with E-state index in [4.69, 9.17) is 95.3 Å². The Bertz CT molecular complexity index is 3150. The first-order valence-electron chi connectivity index (χ1n) is 30.6. The molecule has 0 aliphatic rings. The molecular weight excluding hydrogens is 1290 g/mol. The lowest BCUT2D eigenvalue weighted by Crippen LogP contribution is -2.45. The molecular formula is C64H80Cl4N18S4. The van der Waals surface area contributed by atoms with Crippen molar-refractivity contribution in [2.24, 2.45) is 0 Å². The van der Waals surface area contributed by atoms with Crippen molar-refractivity contribution in [1.29, 1.82) is 0 Å². The molecule has 0 saturated heterocycles.